The van der Waals surface area contributed by atoms with E-state index in [-0.39, 0.29) is 29.6 Å². The number of fused-ring (bicyclic) bond motifs is 2. The van der Waals surface area contributed by atoms with Crippen LogP contribution in [0.5, 0.6) is 23.0 Å². The highest BCUT2D eigenvalue weighted by Gasteiger charge is 2.58. The summed E-state index contributed by atoms with van der Waals surface area (Å²) < 4.78 is 6.32. The quantitative estimate of drug-likeness (QED) is 0.195. The van der Waals surface area contributed by atoms with Crippen LogP contribution in [-0.2, 0) is 12.8 Å². The van der Waals surface area contributed by atoms with Crippen molar-refractivity contribution in [1.29, 1.82) is 0 Å². The zero-order valence-corrected chi connectivity index (χ0v) is 24.5. The van der Waals surface area contributed by atoms with Crippen LogP contribution in [0.15, 0.2) is 47.6 Å². The minimum atomic E-state index is -0.894. The van der Waals surface area contributed by atoms with Gasteiger partial charge >= 0.3 is 0 Å². The predicted octanol–water partition coefficient (Wildman–Crippen LogP) is 6.67. The van der Waals surface area contributed by atoms with Crippen molar-refractivity contribution in [3.63, 3.8) is 0 Å². The van der Waals surface area contributed by atoms with Gasteiger partial charge in [0.2, 0.25) is 0 Å². The molecule has 2 aromatic carbocycles. The molecule has 1 aliphatic heterocycles. The molecule has 0 saturated heterocycles. The van der Waals surface area contributed by atoms with E-state index in [1.807, 2.05) is 39.0 Å². The fourth-order valence-electron chi connectivity index (χ4n) is 6.39. The highest BCUT2D eigenvalue weighted by atomic mass is 16.5. The summed E-state index contributed by atoms with van der Waals surface area (Å²) in [6, 6.07) is 6.83. The lowest BCUT2D eigenvalue weighted by Gasteiger charge is -2.56. The van der Waals surface area contributed by atoms with E-state index in [9.17, 15) is 25.5 Å². The number of aliphatic hydroxyl groups excluding tert-OH is 2. The van der Waals surface area contributed by atoms with Crippen LogP contribution >= 0.6 is 0 Å². The predicted molar refractivity (Wildman–Crippen MR) is 160 cm³/mol. The molecule has 0 amide bonds. The average Bonchev–Trinajstić information content (AvgIpc) is 2.85. The first-order valence-electron chi connectivity index (χ1n) is 14.1. The minimum Gasteiger partial charge on any atom is -0.507 e. The van der Waals surface area contributed by atoms with E-state index in [0.29, 0.717) is 29.7 Å². The third kappa shape index (κ3) is 6.08. The van der Waals surface area contributed by atoms with Crippen LogP contribution in [-0.4, -0.2) is 43.3 Å². The molecule has 1 fully saturated rings. The lowest BCUT2D eigenvalue weighted by atomic mass is 9.57. The molecular formula is C34H44O6. The molecule has 1 aliphatic carbocycles. The smallest absolute Gasteiger partial charge is 0.164 e. The van der Waals surface area contributed by atoms with E-state index in [1.54, 1.807) is 24.3 Å². The number of hydrogen-bond acceptors (Lipinski definition) is 6. The second-order valence-corrected chi connectivity index (χ2v) is 12.7. The van der Waals surface area contributed by atoms with Gasteiger partial charge in [-0.2, -0.15) is 0 Å². The van der Waals surface area contributed by atoms with Crippen molar-refractivity contribution in [1.82, 2.24) is 0 Å². The number of allylic oxidation sites excluding steroid dienone is 4. The van der Waals surface area contributed by atoms with Gasteiger partial charge in [-0.3, -0.25) is 0 Å². The summed E-state index contributed by atoms with van der Waals surface area (Å²) in [5, 5.41) is 53.3. The maximum Gasteiger partial charge on any atom is 0.164 e. The van der Waals surface area contributed by atoms with E-state index in [2.05, 4.69) is 26.8 Å². The molecule has 0 aromatic heterocycles. The van der Waals surface area contributed by atoms with Gasteiger partial charge in [0.1, 0.15) is 17.1 Å². The fraction of sp³-hybridized carbons (Fsp3) is 0.471. The number of benzene rings is 2. The van der Waals surface area contributed by atoms with E-state index in [0.717, 1.165) is 24.0 Å². The first kappa shape index (κ1) is 29.8. The van der Waals surface area contributed by atoms with Crippen molar-refractivity contribution in [2.75, 3.05) is 0 Å². The van der Waals surface area contributed by atoms with Gasteiger partial charge in [-0.15, -0.1) is 0 Å². The summed E-state index contributed by atoms with van der Waals surface area (Å²) in [6.07, 6.45) is 9.32. The number of aromatic hydroxyl groups is 3. The fourth-order valence-corrected chi connectivity index (χ4v) is 6.39. The van der Waals surface area contributed by atoms with Gasteiger partial charge in [-0.1, -0.05) is 49.3 Å². The molecule has 0 unspecified atom stereocenters. The van der Waals surface area contributed by atoms with Crippen molar-refractivity contribution in [3.05, 3.63) is 69.8 Å². The topological polar surface area (TPSA) is 110 Å². The maximum absolute atomic E-state index is 10.8. The van der Waals surface area contributed by atoms with Crippen LogP contribution in [0.4, 0.5) is 0 Å². The van der Waals surface area contributed by atoms with Gasteiger partial charge < -0.3 is 30.3 Å². The van der Waals surface area contributed by atoms with Gasteiger partial charge in [-0.05, 0) is 94.3 Å². The van der Waals surface area contributed by atoms with Gasteiger partial charge in [0.25, 0.3) is 0 Å². The molecule has 40 heavy (non-hydrogen) atoms. The molecule has 1 heterocycles. The molecule has 6 heteroatoms. The van der Waals surface area contributed by atoms with Crippen molar-refractivity contribution < 1.29 is 30.3 Å². The Hall–Kier alpha value is -3.22. The summed E-state index contributed by atoms with van der Waals surface area (Å²) >= 11 is 0. The Labute approximate surface area is 238 Å². The number of ether oxygens (including phenoxy) is 1. The van der Waals surface area contributed by atoms with E-state index < -0.39 is 23.2 Å². The highest BCUT2D eigenvalue weighted by molar-refractivity contribution is 5.73. The normalized spacial score (nSPS) is 25.7. The number of hydrogen-bond donors (Lipinski definition) is 5. The zero-order chi connectivity index (χ0) is 29.4. The van der Waals surface area contributed by atoms with Gasteiger partial charge in [0.15, 0.2) is 11.5 Å². The van der Waals surface area contributed by atoms with Crippen LogP contribution < -0.4 is 4.74 Å². The standard InChI is InChI=1S/C34H44O6/c1-20(2)8-7-9-21(3)10-13-25-26(35)15-23(16-27(25)36)12-11-22-14-24-18-30-33(4,5)32(39)29(38)19-34(30,6)40-31(24)28(37)17-22/h8,10-12,14-17,29-30,32,35-39H,7,9,13,18-19H2,1-6H3/b12-11+,21-10?/t29-,30-,32-,34-/m1/s1. The second kappa shape index (κ2) is 11.3. The molecule has 6 nitrogen and oxygen atoms in total. The Kier molecular flexibility index (Phi) is 8.44. The first-order chi connectivity index (χ1) is 18.7. The highest BCUT2D eigenvalue weighted by Crippen LogP contribution is 2.54. The minimum absolute atomic E-state index is 0.0167. The molecular weight excluding hydrogens is 504 g/mol. The molecule has 4 atom stereocenters. The molecule has 0 bridgehead atoms. The summed E-state index contributed by atoms with van der Waals surface area (Å²) in [7, 11) is 0. The molecule has 2 aliphatic rings. The molecule has 5 N–H and O–H groups in total. The number of rotatable bonds is 7. The van der Waals surface area contributed by atoms with Crippen LogP contribution in [0.2, 0.25) is 0 Å². The summed E-state index contributed by atoms with van der Waals surface area (Å²) in [5.41, 5.74) is 3.92. The maximum atomic E-state index is 10.8. The Balaban J connectivity index is 1.53. The summed E-state index contributed by atoms with van der Waals surface area (Å²) in [4.78, 5) is 0. The summed E-state index contributed by atoms with van der Waals surface area (Å²) in [6.45, 7) is 12.1. The molecule has 1 saturated carbocycles. The van der Waals surface area contributed by atoms with Gasteiger partial charge in [0.05, 0.1) is 12.2 Å². The third-order valence-electron chi connectivity index (χ3n) is 8.74. The SMILES string of the molecule is CC(C)=CCCC(C)=CCc1c(O)cc(/C=C/c2cc(O)c3c(c2)C[C@@H]2C(C)(C)[C@H](O)[C@H](O)C[C@@]2(C)O3)cc1O. The second-order valence-electron chi connectivity index (χ2n) is 12.7. The molecule has 216 valence electrons. The van der Waals surface area contributed by atoms with Crippen molar-refractivity contribution in [2.45, 2.75) is 91.5 Å². The monoisotopic (exact) mass is 548 g/mol. The van der Waals surface area contributed by atoms with Crippen molar-refractivity contribution in [2.24, 2.45) is 11.3 Å². The Morgan fingerprint density at radius 3 is 2.12 bits per heavy atom. The Morgan fingerprint density at radius 1 is 0.900 bits per heavy atom. The Bertz CT molecular complexity index is 1320. The van der Waals surface area contributed by atoms with Crippen LogP contribution in [0.25, 0.3) is 12.2 Å². The van der Waals surface area contributed by atoms with Crippen LogP contribution in [0.1, 0.15) is 83.1 Å². The molecule has 0 radical (unpaired) electrons. The van der Waals surface area contributed by atoms with Gasteiger partial charge in [-0.25, -0.2) is 0 Å². The van der Waals surface area contributed by atoms with Crippen molar-refractivity contribution in [3.8, 4) is 23.0 Å². The average molecular weight is 549 g/mol. The van der Waals surface area contributed by atoms with E-state index in [4.69, 9.17) is 4.74 Å². The zero-order valence-electron chi connectivity index (χ0n) is 24.5. The van der Waals surface area contributed by atoms with Crippen molar-refractivity contribution >= 4 is 12.2 Å². The van der Waals surface area contributed by atoms with Crippen LogP contribution in [0.3, 0.4) is 0 Å². The number of phenolic OH excluding ortho intramolecular Hbond substituents is 3. The molecule has 2 aromatic rings. The lowest BCUT2D eigenvalue weighted by molar-refractivity contribution is -0.187. The number of aliphatic hydroxyl groups is 2. The molecule has 4 rings (SSSR count). The first-order valence-corrected chi connectivity index (χ1v) is 14.1. The van der Waals surface area contributed by atoms with Gasteiger partial charge in [0, 0.05) is 23.3 Å². The summed E-state index contributed by atoms with van der Waals surface area (Å²) in [5.74, 6) is 0.446. The Morgan fingerprint density at radius 2 is 1.50 bits per heavy atom. The number of phenols is 3. The molecule has 0 spiro atoms. The van der Waals surface area contributed by atoms with E-state index >= 15 is 0 Å². The largest absolute Gasteiger partial charge is 0.507 e. The van der Waals surface area contributed by atoms with Crippen LogP contribution in [0, 0.1) is 11.3 Å². The third-order valence-corrected chi connectivity index (χ3v) is 8.74. The lowest BCUT2D eigenvalue weighted by Crippen LogP contribution is -2.63. The van der Waals surface area contributed by atoms with E-state index in [1.165, 1.54) is 11.1 Å².